The molecule has 24 heavy (non-hydrogen) atoms. The summed E-state index contributed by atoms with van der Waals surface area (Å²) in [6, 6.07) is 15.0. The molecule has 0 saturated heterocycles. The minimum atomic E-state index is -0.229. The van der Waals surface area contributed by atoms with Gasteiger partial charge in [0.2, 0.25) is 0 Å². The molecule has 3 rings (SSSR count). The van der Waals surface area contributed by atoms with E-state index < -0.39 is 0 Å². The number of carbonyl (C=O) groups excluding carboxylic acids is 1. The van der Waals surface area contributed by atoms with Gasteiger partial charge >= 0.3 is 0 Å². The number of amides is 1. The van der Waals surface area contributed by atoms with E-state index in [0.717, 1.165) is 11.3 Å². The number of methoxy groups -OCH3 is 1. The molecule has 1 amide bonds. The average Bonchev–Trinajstić information content (AvgIpc) is 3.08. The number of aryl methyl sites for hydroxylation is 1. The Labute approximate surface area is 139 Å². The highest BCUT2D eigenvalue weighted by atomic mass is 16.5. The second-order valence-corrected chi connectivity index (χ2v) is 5.18. The Morgan fingerprint density at radius 3 is 2.71 bits per heavy atom. The quantitative estimate of drug-likeness (QED) is 0.775. The van der Waals surface area contributed by atoms with Crippen molar-refractivity contribution in [3.63, 3.8) is 0 Å². The Kier molecular flexibility index (Phi) is 4.51. The number of para-hydroxylation sites is 1. The van der Waals surface area contributed by atoms with Crippen molar-refractivity contribution in [3.05, 3.63) is 65.5 Å². The maximum atomic E-state index is 12.5. The number of nitrogens with one attached hydrogen (secondary N) is 1. The molecule has 0 aliphatic heterocycles. The standard InChI is InChI=1S/C17H17N5O2/c1-12-7-6-10-14(24-2)16(12)17(23)18-11-15-19-20-21-22(15)13-8-4-3-5-9-13/h3-10H,11H2,1-2H3,(H,18,23). The van der Waals surface area contributed by atoms with E-state index in [1.807, 2.05) is 49.4 Å². The highest BCUT2D eigenvalue weighted by Crippen LogP contribution is 2.21. The average molecular weight is 323 g/mol. The van der Waals surface area contributed by atoms with Crippen LogP contribution in [0.1, 0.15) is 21.7 Å². The maximum Gasteiger partial charge on any atom is 0.255 e. The highest BCUT2D eigenvalue weighted by Gasteiger charge is 2.16. The molecule has 0 radical (unpaired) electrons. The van der Waals surface area contributed by atoms with Gasteiger partial charge in [-0.05, 0) is 41.1 Å². The zero-order valence-corrected chi connectivity index (χ0v) is 13.4. The fraction of sp³-hybridized carbons (Fsp3) is 0.176. The number of ether oxygens (including phenoxy) is 1. The molecule has 1 N–H and O–H groups in total. The van der Waals surface area contributed by atoms with Gasteiger partial charge < -0.3 is 10.1 Å². The molecule has 0 saturated carbocycles. The number of rotatable bonds is 5. The second-order valence-electron chi connectivity index (χ2n) is 5.18. The summed E-state index contributed by atoms with van der Waals surface area (Å²) < 4.78 is 6.86. The molecule has 0 atom stereocenters. The van der Waals surface area contributed by atoms with Crippen LogP contribution in [0.15, 0.2) is 48.5 Å². The summed E-state index contributed by atoms with van der Waals surface area (Å²) in [6.07, 6.45) is 0. The predicted molar refractivity (Wildman–Crippen MR) is 88.1 cm³/mol. The zero-order chi connectivity index (χ0) is 16.9. The summed E-state index contributed by atoms with van der Waals surface area (Å²) in [4.78, 5) is 12.5. The lowest BCUT2D eigenvalue weighted by atomic mass is 10.1. The van der Waals surface area contributed by atoms with Gasteiger partial charge in [0.25, 0.3) is 5.91 Å². The van der Waals surface area contributed by atoms with E-state index in [9.17, 15) is 4.79 Å². The van der Waals surface area contributed by atoms with Crippen molar-refractivity contribution in [2.45, 2.75) is 13.5 Å². The van der Waals surface area contributed by atoms with Gasteiger partial charge in [0.05, 0.1) is 24.9 Å². The maximum absolute atomic E-state index is 12.5. The van der Waals surface area contributed by atoms with Crippen LogP contribution in [0.3, 0.4) is 0 Å². The second kappa shape index (κ2) is 6.91. The van der Waals surface area contributed by atoms with Gasteiger partial charge in [0.1, 0.15) is 5.75 Å². The van der Waals surface area contributed by atoms with E-state index in [1.165, 1.54) is 0 Å². The summed E-state index contributed by atoms with van der Waals surface area (Å²) in [5.41, 5.74) is 2.19. The first-order valence-corrected chi connectivity index (χ1v) is 7.45. The monoisotopic (exact) mass is 323 g/mol. The third kappa shape index (κ3) is 3.10. The molecule has 1 aromatic heterocycles. The van der Waals surface area contributed by atoms with Gasteiger partial charge in [-0.3, -0.25) is 4.79 Å². The van der Waals surface area contributed by atoms with Gasteiger partial charge in [-0.2, -0.15) is 4.68 Å². The number of benzene rings is 2. The summed E-state index contributed by atoms with van der Waals surface area (Å²) in [6.45, 7) is 2.07. The molecule has 0 aliphatic carbocycles. The first-order valence-electron chi connectivity index (χ1n) is 7.45. The lowest BCUT2D eigenvalue weighted by molar-refractivity contribution is 0.0946. The van der Waals surface area contributed by atoms with Crippen LogP contribution in [-0.4, -0.2) is 33.2 Å². The number of tetrazole rings is 1. The van der Waals surface area contributed by atoms with Gasteiger partial charge in [-0.25, -0.2) is 0 Å². The van der Waals surface area contributed by atoms with Gasteiger partial charge in [0, 0.05) is 0 Å². The third-order valence-electron chi connectivity index (χ3n) is 3.62. The number of nitrogens with zero attached hydrogens (tertiary/aromatic N) is 4. The molecular weight excluding hydrogens is 306 g/mol. The van der Waals surface area contributed by atoms with Gasteiger partial charge in [0.15, 0.2) is 5.82 Å². The Bertz CT molecular complexity index is 845. The number of aromatic nitrogens is 4. The smallest absolute Gasteiger partial charge is 0.255 e. The topological polar surface area (TPSA) is 81.9 Å². The van der Waals surface area contributed by atoms with E-state index in [2.05, 4.69) is 20.8 Å². The Morgan fingerprint density at radius 1 is 1.17 bits per heavy atom. The number of hydrogen-bond donors (Lipinski definition) is 1. The van der Waals surface area contributed by atoms with Crippen molar-refractivity contribution in [1.82, 2.24) is 25.5 Å². The molecule has 0 aliphatic rings. The van der Waals surface area contributed by atoms with E-state index in [4.69, 9.17) is 4.74 Å². The molecular formula is C17H17N5O2. The molecule has 0 bridgehead atoms. The van der Waals surface area contributed by atoms with E-state index >= 15 is 0 Å². The summed E-state index contributed by atoms with van der Waals surface area (Å²) in [5.74, 6) is 0.852. The van der Waals surface area contributed by atoms with E-state index in [-0.39, 0.29) is 12.5 Å². The van der Waals surface area contributed by atoms with Crippen molar-refractivity contribution in [3.8, 4) is 11.4 Å². The number of carbonyl (C=O) groups is 1. The van der Waals surface area contributed by atoms with Crippen LogP contribution in [0.25, 0.3) is 5.69 Å². The van der Waals surface area contributed by atoms with Gasteiger partial charge in [-0.1, -0.05) is 30.3 Å². The molecule has 0 spiro atoms. The third-order valence-corrected chi connectivity index (χ3v) is 3.62. The van der Waals surface area contributed by atoms with Crippen LogP contribution in [0.4, 0.5) is 0 Å². The molecule has 7 heteroatoms. The van der Waals surface area contributed by atoms with Gasteiger partial charge in [-0.15, -0.1) is 5.10 Å². The Balaban J connectivity index is 1.78. The van der Waals surface area contributed by atoms with Crippen molar-refractivity contribution >= 4 is 5.91 Å². The van der Waals surface area contributed by atoms with Crippen molar-refractivity contribution in [2.75, 3.05) is 7.11 Å². The van der Waals surface area contributed by atoms with Crippen LogP contribution < -0.4 is 10.1 Å². The minimum Gasteiger partial charge on any atom is -0.496 e. The molecule has 0 fully saturated rings. The lowest BCUT2D eigenvalue weighted by Crippen LogP contribution is -2.26. The fourth-order valence-electron chi connectivity index (χ4n) is 2.44. The Hall–Kier alpha value is -3.22. The molecule has 3 aromatic rings. The Morgan fingerprint density at radius 2 is 1.96 bits per heavy atom. The highest BCUT2D eigenvalue weighted by molar-refractivity contribution is 5.98. The van der Waals surface area contributed by atoms with E-state index in [1.54, 1.807) is 17.9 Å². The predicted octanol–water partition coefficient (Wildman–Crippen LogP) is 1.91. The fourth-order valence-corrected chi connectivity index (χ4v) is 2.44. The first kappa shape index (κ1) is 15.7. The minimum absolute atomic E-state index is 0.207. The van der Waals surface area contributed by atoms with Crippen LogP contribution in [0, 0.1) is 6.92 Å². The molecule has 1 heterocycles. The van der Waals surface area contributed by atoms with Crippen molar-refractivity contribution in [2.24, 2.45) is 0 Å². The first-order chi connectivity index (χ1) is 11.7. The normalized spacial score (nSPS) is 10.4. The summed E-state index contributed by atoms with van der Waals surface area (Å²) >= 11 is 0. The molecule has 0 unspecified atom stereocenters. The van der Waals surface area contributed by atoms with Crippen molar-refractivity contribution < 1.29 is 9.53 Å². The largest absolute Gasteiger partial charge is 0.496 e. The molecule has 122 valence electrons. The van der Waals surface area contributed by atoms with Crippen molar-refractivity contribution in [1.29, 1.82) is 0 Å². The van der Waals surface area contributed by atoms with Crippen LogP contribution in [0.5, 0.6) is 5.75 Å². The molecule has 7 nitrogen and oxygen atoms in total. The summed E-state index contributed by atoms with van der Waals surface area (Å²) in [7, 11) is 1.54. The summed E-state index contributed by atoms with van der Waals surface area (Å²) in [5, 5.41) is 14.5. The van der Waals surface area contributed by atoms with Crippen LogP contribution >= 0.6 is 0 Å². The van der Waals surface area contributed by atoms with Crippen LogP contribution in [0.2, 0.25) is 0 Å². The van der Waals surface area contributed by atoms with Crippen LogP contribution in [-0.2, 0) is 6.54 Å². The SMILES string of the molecule is COc1cccc(C)c1C(=O)NCc1nnnn1-c1ccccc1. The zero-order valence-electron chi connectivity index (χ0n) is 13.4. The lowest BCUT2D eigenvalue weighted by Gasteiger charge is -2.11. The number of hydrogen-bond acceptors (Lipinski definition) is 5. The molecule has 2 aromatic carbocycles. The van der Waals surface area contributed by atoms with E-state index in [0.29, 0.717) is 17.1 Å².